The van der Waals surface area contributed by atoms with E-state index in [9.17, 15) is 4.79 Å². The van der Waals surface area contributed by atoms with Gasteiger partial charge < -0.3 is 19.9 Å². The number of piperidine rings is 1. The van der Waals surface area contributed by atoms with Crippen molar-refractivity contribution in [2.45, 2.75) is 31.7 Å². The molecule has 3 aromatic rings. The standard InChI is InChI=1S/C29H37N5O2/c1-36-23-8-6-20(7-9-23)27-22(18-32-33-27)19-34-14-11-29(12-15-34)16-25(29)28(35)30-13-10-21-17-31-26-5-3-2-4-24(21)26/h2-9,17,22,25,27,31-33H,10-16,18-19H2,1H3,(H,30,35). The first-order valence-electron chi connectivity index (χ1n) is 13.3. The number of hydrogen-bond donors (Lipinski definition) is 4. The number of rotatable bonds is 8. The maximum absolute atomic E-state index is 12.9. The number of aromatic amines is 1. The molecule has 6 rings (SSSR count). The topological polar surface area (TPSA) is 81.4 Å². The molecular weight excluding hydrogens is 450 g/mol. The van der Waals surface area contributed by atoms with Crippen LogP contribution in [0.25, 0.3) is 10.9 Å². The summed E-state index contributed by atoms with van der Waals surface area (Å²) in [5.41, 5.74) is 10.8. The van der Waals surface area contributed by atoms with Gasteiger partial charge in [0.25, 0.3) is 0 Å². The fraction of sp³-hybridized carbons (Fsp3) is 0.483. The molecule has 1 amide bonds. The highest BCUT2D eigenvalue weighted by molar-refractivity contribution is 5.84. The van der Waals surface area contributed by atoms with E-state index in [0.717, 1.165) is 63.1 Å². The van der Waals surface area contributed by atoms with Gasteiger partial charge in [0, 0.05) is 48.6 Å². The molecule has 7 nitrogen and oxygen atoms in total. The maximum atomic E-state index is 12.9. The Kier molecular flexibility index (Phi) is 6.46. The molecule has 3 aliphatic rings. The van der Waals surface area contributed by atoms with Gasteiger partial charge in [-0.25, -0.2) is 5.43 Å². The van der Waals surface area contributed by atoms with Crippen molar-refractivity contribution in [2.75, 3.05) is 39.8 Å². The smallest absolute Gasteiger partial charge is 0.223 e. The molecule has 190 valence electrons. The summed E-state index contributed by atoms with van der Waals surface area (Å²) in [4.78, 5) is 18.8. The molecule has 1 spiro atoms. The Hall–Kier alpha value is -2.87. The van der Waals surface area contributed by atoms with Gasteiger partial charge in [-0.2, -0.15) is 0 Å². The number of nitrogens with one attached hydrogen (secondary N) is 4. The van der Waals surface area contributed by atoms with Gasteiger partial charge in [-0.05, 0) is 73.5 Å². The summed E-state index contributed by atoms with van der Waals surface area (Å²) in [6.07, 6.45) is 6.26. The second-order valence-corrected chi connectivity index (χ2v) is 10.9. The molecule has 2 aliphatic heterocycles. The van der Waals surface area contributed by atoms with Crippen molar-refractivity contribution in [1.29, 1.82) is 0 Å². The van der Waals surface area contributed by atoms with Crippen LogP contribution in [0.5, 0.6) is 5.75 Å². The lowest BCUT2D eigenvalue weighted by atomic mass is 9.88. The van der Waals surface area contributed by atoms with E-state index in [1.54, 1.807) is 7.11 Å². The summed E-state index contributed by atoms with van der Waals surface area (Å²) < 4.78 is 5.31. The van der Waals surface area contributed by atoms with Crippen LogP contribution in [0.15, 0.2) is 54.7 Å². The molecule has 1 aliphatic carbocycles. The molecule has 3 heterocycles. The highest BCUT2D eigenvalue weighted by Crippen LogP contribution is 2.59. The summed E-state index contributed by atoms with van der Waals surface area (Å²) >= 11 is 0. The maximum Gasteiger partial charge on any atom is 0.223 e. The molecule has 4 N–H and O–H groups in total. The van der Waals surface area contributed by atoms with Crippen molar-refractivity contribution in [2.24, 2.45) is 17.3 Å². The van der Waals surface area contributed by atoms with Crippen LogP contribution in [0.4, 0.5) is 0 Å². The van der Waals surface area contributed by atoms with Gasteiger partial charge in [0.2, 0.25) is 5.91 Å². The Labute approximate surface area is 212 Å². The average Bonchev–Trinajstić information content (AvgIpc) is 3.22. The van der Waals surface area contributed by atoms with Crippen LogP contribution < -0.4 is 20.9 Å². The van der Waals surface area contributed by atoms with Gasteiger partial charge in [-0.3, -0.25) is 10.2 Å². The van der Waals surface area contributed by atoms with Gasteiger partial charge in [-0.1, -0.05) is 30.3 Å². The zero-order valence-electron chi connectivity index (χ0n) is 21.1. The zero-order chi connectivity index (χ0) is 24.5. The van der Waals surface area contributed by atoms with E-state index < -0.39 is 0 Å². The average molecular weight is 488 g/mol. The van der Waals surface area contributed by atoms with Crippen molar-refractivity contribution in [3.05, 3.63) is 65.9 Å². The molecule has 2 aromatic carbocycles. The van der Waals surface area contributed by atoms with Crippen LogP contribution in [0.3, 0.4) is 0 Å². The van der Waals surface area contributed by atoms with E-state index in [1.807, 2.05) is 18.2 Å². The van der Waals surface area contributed by atoms with Crippen molar-refractivity contribution >= 4 is 16.8 Å². The van der Waals surface area contributed by atoms with Crippen molar-refractivity contribution in [3.8, 4) is 5.75 Å². The van der Waals surface area contributed by atoms with Gasteiger partial charge in [0.1, 0.15) is 5.75 Å². The number of nitrogens with zero attached hydrogens (tertiary/aromatic N) is 1. The van der Waals surface area contributed by atoms with Gasteiger partial charge in [0.15, 0.2) is 0 Å². The molecule has 2 saturated heterocycles. The van der Waals surface area contributed by atoms with Crippen LogP contribution in [-0.4, -0.2) is 55.6 Å². The Balaban J connectivity index is 0.964. The summed E-state index contributed by atoms with van der Waals surface area (Å²) in [6, 6.07) is 17.1. The second-order valence-electron chi connectivity index (χ2n) is 10.9. The first-order valence-corrected chi connectivity index (χ1v) is 13.3. The lowest BCUT2D eigenvalue weighted by molar-refractivity contribution is -0.123. The molecule has 7 heteroatoms. The zero-order valence-corrected chi connectivity index (χ0v) is 21.1. The van der Waals surface area contributed by atoms with Crippen molar-refractivity contribution in [1.82, 2.24) is 26.1 Å². The predicted octanol–water partition coefficient (Wildman–Crippen LogP) is 3.40. The fourth-order valence-corrected chi connectivity index (χ4v) is 6.44. The lowest BCUT2D eigenvalue weighted by Gasteiger charge is -2.35. The normalized spacial score (nSPS) is 25.3. The van der Waals surface area contributed by atoms with E-state index in [0.29, 0.717) is 18.5 Å². The minimum atomic E-state index is 0.199. The van der Waals surface area contributed by atoms with Gasteiger partial charge >= 0.3 is 0 Å². The Morgan fingerprint density at radius 1 is 1.14 bits per heavy atom. The van der Waals surface area contributed by atoms with Crippen LogP contribution >= 0.6 is 0 Å². The van der Waals surface area contributed by atoms with E-state index in [2.05, 4.69) is 62.6 Å². The summed E-state index contributed by atoms with van der Waals surface area (Å²) in [7, 11) is 1.70. The lowest BCUT2D eigenvalue weighted by Crippen LogP contribution is -2.41. The molecule has 36 heavy (non-hydrogen) atoms. The molecular formula is C29H37N5O2. The molecule has 3 unspecified atom stereocenters. The second kappa shape index (κ2) is 9.88. The number of hydrogen-bond acceptors (Lipinski definition) is 5. The monoisotopic (exact) mass is 487 g/mol. The largest absolute Gasteiger partial charge is 0.497 e. The summed E-state index contributed by atoms with van der Waals surface area (Å²) in [5, 5.41) is 4.48. The van der Waals surface area contributed by atoms with Crippen molar-refractivity contribution < 1.29 is 9.53 Å². The number of hydrazine groups is 1. The van der Waals surface area contributed by atoms with Crippen LogP contribution in [0, 0.1) is 17.3 Å². The summed E-state index contributed by atoms with van der Waals surface area (Å²) in [6.45, 7) is 4.93. The number of ether oxygens (including phenoxy) is 1. The van der Waals surface area contributed by atoms with Crippen molar-refractivity contribution in [3.63, 3.8) is 0 Å². The predicted molar refractivity (Wildman–Crippen MR) is 142 cm³/mol. The third kappa shape index (κ3) is 4.63. The molecule has 0 bridgehead atoms. The molecule has 3 atom stereocenters. The first kappa shape index (κ1) is 23.5. The first-order chi connectivity index (χ1) is 17.6. The molecule has 3 fully saturated rings. The van der Waals surface area contributed by atoms with Crippen LogP contribution in [-0.2, 0) is 11.2 Å². The highest BCUT2D eigenvalue weighted by atomic mass is 16.5. The number of amides is 1. The van der Waals surface area contributed by atoms with E-state index >= 15 is 0 Å². The van der Waals surface area contributed by atoms with E-state index in [4.69, 9.17) is 4.74 Å². The van der Waals surface area contributed by atoms with Gasteiger partial charge in [0.05, 0.1) is 13.2 Å². The molecule has 1 aromatic heterocycles. The Morgan fingerprint density at radius 3 is 2.75 bits per heavy atom. The third-order valence-electron chi connectivity index (χ3n) is 8.79. The number of carbonyl (C=O) groups excluding carboxylic acids is 1. The number of H-pyrrole nitrogens is 1. The summed E-state index contributed by atoms with van der Waals surface area (Å²) in [5.74, 6) is 1.87. The number of para-hydroxylation sites is 1. The highest BCUT2D eigenvalue weighted by Gasteiger charge is 2.58. The van der Waals surface area contributed by atoms with Gasteiger partial charge in [-0.15, -0.1) is 0 Å². The fourth-order valence-electron chi connectivity index (χ4n) is 6.44. The number of benzene rings is 2. The van der Waals surface area contributed by atoms with Crippen LogP contribution in [0.1, 0.15) is 36.4 Å². The van der Waals surface area contributed by atoms with Crippen LogP contribution in [0.2, 0.25) is 0 Å². The Morgan fingerprint density at radius 2 is 1.94 bits per heavy atom. The number of likely N-dealkylation sites (tertiary alicyclic amines) is 1. The minimum Gasteiger partial charge on any atom is -0.497 e. The SMILES string of the molecule is COc1ccc(C2NNCC2CN2CCC3(CC2)CC3C(=O)NCCc2c[nH]c3ccccc23)cc1. The number of carbonyl (C=O) groups is 1. The third-order valence-corrected chi connectivity index (χ3v) is 8.79. The quantitative estimate of drug-likeness (QED) is 0.392. The molecule has 0 radical (unpaired) electrons. The molecule has 1 saturated carbocycles. The van der Waals surface area contributed by atoms with E-state index in [1.165, 1.54) is 16.5 Å². The van der Waals surface area contributed by atoms with E-state index in [-0.39, 0.29) is 17.2 Å². The number of aromatic nitrogens is 1. The Bertz CT molecular complexity index is 1200. The number of fused-ring (bicyclic) bond motifs is 1. The number of methoxy groups -OCH3 is 1. The minimum absolute atomic E-state index is 0.199.